The molecule has 0 aliphatic heterocycles. The van der Waals surface area contributed by atoms with Crippen LogP contribution in [0.5, 0.6) is 17.2 Å². The van der Waals surface area contributed by atoms with Crippen molar-refractivity contribution in [3.8, 4) is 17.2 Å². The molecular formula is C25H30O3P+. The fourth-order valence-corrected chi connectivity index (χ4v) is 5.57. The summed E-state index contributed by atoms with van der Waals surface area (Å²) < 4.78 is 19.9. The Labute approximate surface area is 175 Å². The second kappa shape index (κ2) is 9.80. The highest BCUT2D eigenvalue weighted by Crippen LogP contribution is 2.62. The summed E-state index contributed by atoms with van der Waals surface area (Å²) >= 11 is 0. The Bertz CT molecular complexity index is 823. The number of rotatable bonds is 9. The van der Waals surface area contributed by atoms with Gasteiger partial charge in [0.05, 0.1) is 0 Å². The van der Waals surface area contributed by atoms with E-state index in [1.807, 2.05) is 93.6 Å². The predicted octanol–water partition coefficient (Wildman–Crippen LogP) is 7.71. The average Bonchev–Trinajstić information content (AvgIpc) is 2.72. The summed E-state index contributed by atoms with van der Waals surface area (Å²) in [6.07, 6.45) is 2.70. The van der Waals surface area contributed by atoms with Gasteiger partial charge in [-0.25, -0.2) is 0 Å². The van der Waals surface area contributed by atoms with E-state index in [9.17, 15) is 0 Å². The maximum absolute atomic E-state index is 6.62. The van der Waals surface area contributed by atoms with Gasteiger partial charge in [-0.05, 0) is 62.1 Å². The number of hydrogen-bond donors (Lipinski definition) is 0. The molecule has 0 fully saturated rings. The monoisotopic (exact) mass is 409 g/mol. The third-order valence-electron chi connectivity index (χ3n) is 4.78. The standard InChI is InChI=1S/C25H30O3P/c1-5-6-19-29(26-23-16-10-7-13-20(23)2,27-24-17-11-8-14-21(24)3)28-25-18-12-9-15-22(25)4/h7-18H,5-6,19H2,1-4H3/q+1. The Morgan fingerprint density at radius 3 is 1.24 bits per heavy atom. The van der Waals surface area contributed by atoms with Crippen LogP contribution in [0.15, 0.2) is 72.8 Å². The molecule has 0 heterocycles. The third-order valence-corrected chi connectivity index (χ3v) is 7.07. The fourth-order valence-electron chi connectivity index (χ4n) is 2.97. The largest absolute Gasteiger partial charge is 0.541 e. The van der Waals surface area contributed by atoms with Crippen molar-refractivity contribution in [2.24, 2.45) is 0 Å². The lowest BCUT2D eigenvalue weighted by molar-refractivity contribution is 0.349. The Morgan fingerprint density at radius 1 is 0.586 bits per heavy atom. The summed E-state index contributed by atoms with van der Waals surface area (Å²) in [6.45, 7) is 8.31. The highest BCUT2D eigenvalue weighted by molar-refractivity contribution is 7.62. The molecule has 0 aromatic heterocycles. The van der Waals surface area contributed by atoms with E-state index in [0.29, 0.717) is 6.16 Å². The Morgan fingerprint density at radius 2 is 0.931 bits per heavy atom. The van der Waals surface area contributed by atoms with Crippen molar-refractivity contribution in [2.75, 3.05) is 6.16 Å². The van der Waals surface area contributed by atoms with Gasteiger partial charge in [0.25, 0.3) is 0 Å². The third kappa shape index (κ3) is 5.52. The molecular weight excluding hydrogens is 379 g/mol. The van der Waals surface area contributed by atoms with Gasteiger partial charge in [0.1, 0.15) is 0 Å². The van der Waals surface area contributed by atoms with Crippen LogP contribution in [0.3, 0.4) is 0 Å². The van der Waals surface area contributed by atoms with Gasteiger partial charge in [-0.15, -0.1) is 0 Å². The van der Waals surface area contributed by atoms with Crippen molar-refractivity contribution in [3.05, 3.63) is 89.5 Å². The molecule has 0 bridgehead atoms. The number of benzene rings is 3. The van der Waals surface area contributed by atoms with Gasteiger partial charge in [-0.1, -0.05) is 67.9 Å². The smallest absolute Gasteiger partial charge is 0.271 e. The van der Waals surface area contributed by atoms with Crippen LogP contribution in [0.2, 0.25) is 0 Å². The van der Waals surface area contributed by atoms with Crippen molar-refractivity contribution >= 4 is 7.94 Å². The van der Waals surface area contributed by atoms with Gasteiger partial charge in [0.2, 0.25) is 0 Å². The van der Waals surface area contributed by atoms with Gasteiger partial charge >= 0.3 is 7.94 Å². The molecule has 0 atom stereocenters. The maximum atomic E-state index is 6.62. The van der Waals surface area contributed by atoms with Gasteiger partial charge in [-0.3, -0.25) is 13.6 Å². The molecule has 0 aliphatic carbocycles. The fraction of sp³-hybridized carbons (Fsp3) is 0.280. The van der Waals surface area contributed by atoms with Gasteiger partial charge in [0, 0.05) is 0 Å². The molecule has 152 valence electrons. The van der Waals surface area contributed by atoms with Gasteiger partial charge < -0.3 is 0 Å². The Balaban J connectivity index is 2.05. The highest BCUT2D eigenvalue weighted by Gasteiger charge is 2.50. The summed E-state index contributed by atoms with van der Waals surface area (Å²) in [7, 11) is -2.76. The van der Waals surface area contributed by atoms with Crippen LogP contribution < -0.4 is 13.6 Å². The molecule has 0 N–H and O–H groups in total. The van der Waals surface area contributed by atoms with E-state index in [-0.39, 0.29) is 0 Å². The van der Waals surface area contributed by atoms with Crippen molar-refractivity contribution < 1.29 is 13.6 Å². The van der Waals surface area contributed by atoms with E-state index in [0.717, 1.165) is 46.8 Å². The first-order valence-corrected chi connectivity index (χ1v) is 11.9. The van der Waals surface area contributed by atoms with Crippen molar-refractivity contribution in [3.63, 3.8) is 0 Å². The highest BCUT2D eigenvalue weighted by atomic mass is 31.2. The van der Waals surface area contributed by atoms with Crippen LogP contribution in [0, 0.1) is 20.8 Å². The lowest BCUT2D eigenvalue weighted by atomic mass is 10.2. The number of hydrogen-bond acceptors (Lipinski definition) is 3. The molecule has 0 unspecified atom stereocenters. The molecule has 0 radical (unpaired) electrons. The topological polar surface area (TPSA) is 27.7 Å². The summed E-state index contributed by atoms with van der Waals surface area (Å²) in [5.41, 5.74) is 3.19. The van der Waals surface area contributed by atoms with Crippen LogP contribution in [-0.2, 0) is 0 Å². The number of unbranched alkanes of at least 4 members (excludes halogenated alkanes) is 1. The molecule has 4 heteroatoms. The Kier molecular flexibility index (Phi) is 7.17. The van der Waals surface area contributed by atoms with Crippen molar-refractivity contribution in [1.29, 1.82) is 0 Å². The summed E-state index contributed by atoms with van der Waals surface area (Å²) in [5, 5.41) is 0. The van der Waals surface area contributed by atoms with Crippen LogP contribution >= 0.6 is 7.94 Å². The number of aryl methyl sites for hydroxylation is 3. The molecule has 3 rings (SSSR count). The summed E-state index contributed by atoms with van der Waals surface area (Å²) in [4.78, 5) is 0. The van der Waals surface area contributed by atoms with Crippen LogP contribution in [0.25, 0.3) is 0 Å². The summed E-state index contributed by atoms with van der Waals surface area (Å²) in [5.74, 6) is 2.41. The molecule has 0 saturated carbocycles. The molecule has 0 aliphatic rings. The molecule has 0 spiro atoms. The molecule has 3 aromatic carbocycles. The zero-order chi connectivity index (χ0) is 20.7. The first kappa shape index (κ1) is 21.2. The van der Waals surface area contributed by atoms with Crippen LogP contribution in [0.4, 0.5) is 0 Å². The van der Waals surface area contributed by atoms with E-state index < -0.39 is 7.94 Å². The van der Waals surface area contributed by atoms with Crippen molar-refractivity contribution in [2.45, 2.75) is 40.5 Å². The van der Waals surface area contributed by atoms with E-state index in [1.165, 1.54) is 0 Å². The Hall–Kier alpha value is -2.51. The minimum atomic E-state index is -2.76. The maximum Gasteiger partial charge on any atom is 0.541 e. The second-order valence-corrected chi connectivity index (χ2v) is 9.48. The predicted molar refractivity (Wildman–Crippen MR) is 122 cm³/mol. The van der Waals surface area contributed by atoms with E-state index in [1.54, 1.807) is 0 Å². The lowest BCUT2D eigenvalue weighted by Gasteiger charge is -2.25. The zero-order valence-corrected chi connectivity index (χ0v) is 18.6. The van der Waals surface area contributed by atoms with Crippen LogP contribution in [0.1, 0.15) is 36.5 Å². The lowest BCUT2D eigenvalue weighted by Crippen LogP contribution is -2.20. The molecule has 0 saturated heterocycles. The molecule has 0 amide bonds. The second-order valence-electron chi connectivity index (χ2n) is 7.26. The van der Waals surface area contributed by atoms with Crippen molar-refractivity contribution in [1.82, 2.24) is 0 Å². The van der Waals surface area contributed by atoms with Crippen LogP contribution in [-0.4, -0.2) is 6.16 Å². The molecule has 29 heavy (non-hydrogen) atoms. The quantitative estimate of drug-likeness (QED) is 0.339. The minimum absolute atomic E-state index is 0.709. The average molecular weight is 409 g/mol. The van der Waals surface area contributed by atoms with E-state index in [2.05, 4.69) is 6.92 Å². The SMILES string of the molecule is CCCC[P+](Oc1ccccc1C)(Oc1ccccc1C)Oc1ccccc1C. The molecule has 3 nitrogen and oxygen atoms in total. The van der Waals surface area contributed by atoms with E-state index in [4.69, 9.17) is 13.6 Å². The minimum Gasteiger partial charge on any atom is -0.271 e. The zero-order valence-electron chi connectivity index (χ0n) is 17.7. The normalized spacial score (nSPS) is 11.2. The molecule has 3 aromatic rings. The van der Waals surface area contributed by atoms with Gasteiger partial charge in [-0.2, -0.15) is 0 Å². The summed E-state index contributed by atoms with van der Waals surface area (Å²) in [6, 6.07) is 24.1. The van der Waals surface area contributed by atoms with Gasteiger partial charge in [0.15, 0.2) is 23.4 Å². The first-order valence-electron chi connectivity index (χ1n) is 10.2. The first-order chi connectivity index (χ1) is 14.0. The van der Waals surface area contributed by atoms with E-state index >= 15 is 0 Å². The number of para-hydroxylation sites is 3.